The molecule has 2 rings (SSSR count). The molecule has 5 nitrogen and oxygen atoms in total. The number of aromatic carboxylic acids is 1. The lowest BCUT2D eigenvalue weighted by atomic mass is 10.0. The van der Waals surface area contributed by atoms with Gasteiger partial charge in [0.15, 0.2) is 0 Å². The van der Waals surface area contributed by atoms with E-state index in [1.807, 2.05) is 20.8 Å². The van der Waals surface area contributed by atoms with E-state index in [0.29, 0.717) is 18.7 Å². The van der Waals surface area contributed by atoms with Gasteiger partial charge < -0.3 is 14.7 Å². The molecule has 1 unspecified atom stereocenters. The van der Waals surface area contributed by atoms with Crippen molar-refractivity contribution in [3.63, 3.8) is 0 Å². The fourth-order valence-electron chi connectivity index (χ4n) is 2.55. The molecule has 0 aliphatic carbocycles. The highest BCUT2D eigenvalue weighted by molar-refractivity contribution is 5.96. The van der Waals surface area contributed by atoms with Gasteiger partial charge in [0.05, 0.1) is 17.3 Å². The Morgan fingerprint density at radius 1 is 1.25 bits per heavy atom. The molecule has 0 aromatic heterocycles. The Morgan fingerprint density at radius 3 is 2.30 bits per heavy atom. The molecule has 1 aromatic carbocycles. The Balaban J connectivity index is 2.16. The van der Waals surface area contributed by atoms with Crippen LogP contribution in [0.25, 0.3) is 0 Å². The zero-order chi connectivity index (χ0) is 14.9. The number of hydrogen-bond donors (Lipinski definition) is 1. The maximum absolute atomic E-state index is 12.4. The van der Waals surface area contributed by atoms with Gasteiger partial charge in [0.25, 0.3) is 5.91 Å². The second-order valence-corrected chi connectivity index (χ2v) is 5.76. The van der Waals surface area contributed by atoms with Crippen molar-refractivity contribution in [2.45, 2.75) is 32.5 Å². The second-order valence-electron chi connectivity index (χ2n) is 5.76. The highest BCUT2D eigenvalue weighted by Crippen LogP contribution is 2.22. The molecule has 1 N–H and O–H groups in total. The molecule has 0 radical (unpaired) electrons. The third-order valence-corrected chi connectivity index (χ3v) is 3.24. The van der Waals surface area contributed by atoms with Crippen LogP contribution in [-0.2, 0) is 4.74 Å². The van der Waals surface area contributed by atoms with E-state index in [4.69, 9.17) is 9.84 Å². The quantitative estimate of drug-likeness (QED) is 0.898. The normalized spacial score (nSPS) is 21.6. The lowest BCUT2D eigenvalue weighted by Gasteiger charge is -2.41. The number of carboxylic acids is 1. The van der Waals surface area contributed by atoms with Gasteiger partial charge in [-0.15, -0.1) is 0 Å². The fourth-order valence-corrected chi connectivity index (χ4v) is 2.55. The number of carbonyl (C=O) groups is 2. The number of amides is 1. The minimum Gasteiger partial charge on any atom is -0.478 e. The highest BCUT2D eigenvalue weighted by Gasteiger charge is 2.33. The minimum atomic E-state index is -0.995. The number of rotatable bonds is 2. The summed E-state index contributed by atoms with van der Waals surface area (Å²) in [4.78, 5) is 25.0. The molecule has 5 heteroatoms. The lowest BCUT2D eigenvalue weighted by molar-refractivity contribution is -0.118. The van der Waals surface area contributed by atoms with Gasteiger partial charge in [-0.05, 0) is 45.0 Å². The van der Waals surface area contributed by atoms with Crippen LogP contribution in [0.15, 0.2) is 24.3 Å². The van der Waals surface area contributed by atoms with Crippen molar-refractivity contribution < 1.29 is 19.4 Å². The first-order valence-electron chi connectivity index (χ1n) is 6.59. The molecule has 20 heavy (non-hydrogen) atoms. The summed E-state index contributed by atoms with van der Waals surface area (Å²) in [6, 6.07) is 6.01. The molecule has 1 amide bonds. The molecule has 0 bridgehead atoms. The van der Waals surface area contributed by atoms with Gasteiger partial charge >= 0.3 is 5.97 Å². The Labute approximate surface area is 118 Å². The number of hydrogen-bond acceptors (Lipinski definition) is 3. The average Bonchev–Trinajstić information content (AvgIpc) is 2.35. The van der Waals surface area contributed by atoms with E-state index >= 15 is 0 Å². The minimum absolute atomic E-state index is 0.0130. The molecule has 1 heterocycles. The predicted octanol–water partition coefficient (Wildman–Crippen LogP) is 2.02. The van der Waals surface area contributed by atoms with Crippen LogP contribution in [0.2, 0.25) is 0 Å². The van der Waals surface area contributed by atoms with Crippen LogP contribution in [0, 0.1) is 0 Å². The zero-order valence-electron chi connectivity index (χ0n) is 11.9. The monoisotopic (exact) mass is 277 g/mol. The maximum atomic E-state index is 12.4. The summed E-state index contributed by atoms with van der Waals surface area (Å²) >= 11 is 0. The SMILES string of the molecule is CC1CN(C(=O)c2ccc(C(=O)O)cc2)CC(C)(C)O1. The summed E-state index contributed by atoms with van der Waals surface area (Å²) in [5.41, 5.74) is 0.311. The Morgan fingerprint density at radius 2 is 1.80 bits per heavy atom. The van der Waals surface area contributed by atoms with Crippen LogP contribution in [0.5, 0.6) is 0 Å². The number of benzene rings is 1. The Bertz CT molecular complexity index is 521. The third-order valence-electron chi connectivity index (χ3n) is 3.24. The fraction of sp³-hybridized carbons (Fsp3) is 0.467. The molecular weight excluding hydrogens is 258 g/mol. The van der Waals surface area contributed by atoms with E-state index in [1.54, 1.807) is 17.0 Å². The summed E-state index contributed by atoms with van der Waals surface area (Å²) < 4.78 is 5.77. The van der Waals surface area contributed by atoms with Crippen molar-refractivity contribution in [1.29, 1.82) is 0 Å². The standard InChI is InChI=1S/C15H19NO4/c1-10-8-16(9-15(2,3)20-10)13(17)11-4-6-12(7-5-11)14(18)19/h4-7,10H,8-9H2,1-3H3,(H,18,19). The first-order valence-corrected chi connectivity index (χ1v) is 6.59. The molecule has 108 valence electrons. The van der Waals surface area contributed by atoms with Gasteiger partial charge in [-0.25, -0.2) is 4.79 Å². The van der Waals surface area contributed by atoms with Crippen molar-refractivity contribution in [3.8, 4) is 0 Å². The lowest BCUT2D eigenvalue weighted by Crippen LogP contribution is -2.53. The zero-order valence-corrected chi connectivity index (χ0v) is 11.9. The number of ether oxygens (including phenoxy) is 1. The molecule has 1 aliphatic heterocycles. The maximum Gasteiger partial charge on any atom is 0.335 e. The number of carboxylic acid groups (broad SMARTS) is 1. The van der Waals surface area contributed by atoms with Gasteiger partial charge in [0, 0.05) is 18.7 Å². The van der Waals surface area contributed by atoms with Gasteiger partial charge in [0.1, 0.15) is 0 Å². The molecule has 1 saturated heterocycles. The van der Waals surface area contributed by atoms with Crippen LogP contribution in [0.3, 0.4) is 0 Å². The van der Waals surface area contributed by atoms with E-state index in [0.717, 1.165) is 0 Å². The van der Waals surface area contributed by atoms with Crippen LogP contribution in [0.1, 0.15) is 41.5 Å². The predicted molar refractivity (Wildman–Crippen MR) is 73.9 cm³/mol. The Kier molecular flexibility index (Phi) is 3.81. The number of carbonyl (C=O) groups excluding carboxylic acids is 1. The highest BCUT2D eigenvalue weighted by atomic mass is 16.5. The molecule has 0 spiro atoms. The van der Waals surface area contributed by atoms with E-state index in [1.165, 1.54) is 12.1 Å². The third kappa shape index (κ3) is 3.17. The van der Waals surface area contributed by atoms with Crippen LogP contribution in [0.4, 0.5) is 0 Å². The van der Waals surface area contributed by atoms with Gasteiger partial charge in [0.2, 0.25) is 0 Å². The second kappa shape index (κ2) is 5.25. The van der Waals surface area contributed by atoms with E-state index < -0.39 is 5.97 Å². The first kappa shape index (κ1) is 14.5. The van der Waals surface area contributed by atoms with Crippen LogP contribution >= 0.6 is 0 Å². The van der Waals surface area contributed by atoms with Gasteiger partial charge in [-0.3, -0.25) is 4.79 Å². The summed E-state index contributed by atoms with van der Waals surface area (Å²) in [5.74, 6) is -1.09. The first-order chi connectivity index (χ1) is 9.28. The van der Waals surface area contributed by atoms with Crippen LogP contribution in [-0.4, -0.2) is 46.7 Å². The molecule has 0 saturated carbocycles. The topological polar surface area (TPSA) is 66.8 Å². The molecule has 1 aliphatic rings. The Hall–Kier alpha value is -1.88. The van der Waals surface area contributed by atoms with Crippen molar-refractivity contribution in [2.75, 3.05) is 13.1 Å². The number of nitrogens with zero attached hydrogens (tertiary/aromatic N) is 1. The largest absolute Gasteiger partial charge is 0.478 e. The van der Waals surface area contributed by atoms with E-state index in [2.05, 4.69) is 0 Å². The molecule has 1 atom stereocenters. The summed E-state index contributed by atoms with van der Waals surface area (Å²) in [7, 11) is 0. The smallest absolute Gasteiger partial charge is 0.335 e. The molecular formula is C15H19NO4. The van der Waals surface area contributed by atoms with Gasteiger partial charge in [-0.1, -0.05) is 0 Å². The van der Waals surface area contributed by atoms with Crippen molar-refractivity contribution >= 4 is 11.9 Å². The molecule has 1 aromatic rings. The van der Waals surface area contributed by atoms with Gasteiger partial charge in [-0.2, -0.15) is 0 Å². The van der Waals surface area contributed by atoms with E-state index in [9.17, 15) is 9.59 Å². The average molecular weight is 277 g/mol. The summed E-state index contributed by atoms with van der Waals surface area (Å²) in [6.07, 6.45) is -0.0130. The van der Waals surface area contributed by atoms with Crippen LogP contribution < -0.4 is 0 Å². The van der Waals surface area contributed by atoms with E-state index in [-0.39, 0.29) is 23.2 Å². The number of morpholine rings is 1. The van der Waals surface area contributed by atoms with Crippen molar-refractivity contribution in [2.24, 2.45) is 0 Å². The molecule has 1 fully saturated rings. The van der Waals surface area contributed by atoms with Crippen molar-refractivity contribution in [1.82, 2.24) is 4.90 Å². The summed E-state index contributed by atoms with van der Waals surface area (Å²) in [5, 5.41) is 8.85. The summed E-state index contributed by atoms with van der Waals surface area (Å²) in [6.45, 7) is 6.92. The van der Waals surface area contributed by atoms with Crippen molar-refractivity contribution in [3.05, 3.63) is 35.4 Å².